The second-order valence-electron chi connectivity index (χ2n) is 3.05. The van der Waals surface area contributed by atoms with E-state index in [1.807, 2.05) is 0 Å². The molecule has 16 heavy (non-hydrogen) atoms. The van der Waals surface area contributed by atoms with E-state index in [9.17, 15) is 9.59 Å². The number of pyridine rings is 1. The van der Waals surface area contributed by atoms with Crippen LogP contribution in [0.4, 0.5) is 5.69 Å². The second-order valence-corrected chi connectivity index (χ2v) is 3.05. The van der Waals surface area contributed by atoms with Crippen LogP contribution in [-0.2, 0) is 4.79 Å². The number of nitrogens with one attached hydrogen (secondary N) is 1. The van der Waals surface area contributed by atoms with Gasteiger partial charge in [-0.25, -0.2) is 4.79 Å². The van der Waals surface area contributed by atoms with Gasteiger partial charge in [0.1, 0.15) is 0 Å². The van der Waals surface area contributed by atoms with Gasteiger partial charge in [-0.15, -0.1) is 0 Å². The molecule has 0 aliphatic carbocycles. The Labute approximate surface area is 90.9 Å². The zero-order valence-corrected chi connectivity index (χ0v) is 8.25. The van der Waals surface area contributed by atoms with Crippen molar-refractivity contribution < 1.29 is 19.8 Å². The van der Waals surface area contributed by atoms with E-state index < -0.39 is 24.5 Å². The summed E-state index contributed by atoms with van der Waals surface area (Å²) in [5.41, 5.74) is 5.84. The highest BCUT2D eigenvalue weighted by atomic mass is 16.4. The van der Waals surface area contributed by atoms with Crippen molar-refractivity contribution in [2.45, 2.75) is 6.04 Å². The van der Waals surface area contributed by atoms with Gasteiger partial charge in [0.05, 0.1) is 17.9 Å². The smallest absolute Gasteiger partial charge is 0.328 e. The first kappa shape index (κ1) is 11.9. The summed E-state index contributed by atoms with van der Waals surface area (Å²) < 4.78 is 0. The van der Waals surface area contributed by atoms with E-state index in [2.05, 4.69) is 10.3 Å². The zero-order chi connectivity index (χ0) is 12.1. The Hall–Kier alpha value is -2.15. The molecule has 86 valence electrons. The molecule has 1 aromatic heterocycles. The first-order valence-corrected chi connectivity index (χ1v) is 4.39. The van der Waals surface area contributed by atoms with Gasteiger partial charge in [-0.2, -0.15) is 0 Å². The molecule has 0 spiro atoms. The Bertz CT molecular complexity index is 407. The molecule has 0 fully saturated rings. The number of anilines is 1. The van der Waals surface area contributed by atoms with Crippen molar-refractivity contribution in [3.05, 3.63) is 24.0 Å². The lowest BCUT2D eigenvalue weighted by atomic mass is 10.2. The molecule has 7 heteroatoms. The van der Waals surface area contributed by atoms with Crippen molar-refractivity contribution in [1.82, 2.24) is 10.3 Å². The van der Waals surface area contributed by atoms with E-state index in [1.54, 1.807) is 0 Å². The summed E-state index contributed by atoms with van der Waals surface area (Å²) in [5.74, 6) is -1.96. The van der Waals surface area contributed by atoms with Gasteiger partial charge >= 0.3 is 5.97 Å². The molecule has 0 aliphatic rings. The number of amides is 1. The Morgan fingerprint density at radius 3 is 2.69 bits per heavy atom. The maximum Gasteiger partial charge on any atom is 0.328 e. The molecular formula is C9H11N3O4. The number of nitrogens with two attached hydrogens (primary N) is 1. The Kier molecular flexibility index (Phi) is 3.78. The number of carbonyl (C=O) groups excluding carboxylic acids is 1. The first-order chi connectivity index (χ1) is 7.54. The van der Waals surface area contributed by atoms with Gasteiger partial charge in [0.15, 0.2) is 6.04 Å². The predicted molar refractivity (Wildman–Crippen MR) is 54.6 cm³/mol. The molecule has 1 aromatic rings. The molecule has 1 amide bonds. The highest BCUT2D eigenvalue weighted by Gasteiger charge is 2.19. The maximum atomic E-state index is 11.5. The average molecular weight is 225 g/mol. The van der Waals surface area contributed by atoms with Crippen LogP contribution in [0.1, 0.15) is 10.4 Å². The minimum atomic E-state index is -1.34. The number of carboxylic acids is 1. The number of rotatable bonds is 4. The standard InChI is InChI=1S/C9H11N3O4/c10-6-1-5(2-11-3-6)8(14)12-7(4-13)9(15)16/h1-3,7,13H,4,10H2,(H,12,14)(H,15,16). The zero-order valence-electron chi connectivity index (χ0n) is 8.25. The lowest BCUT2D eigenvalue weighted by Crippen LogP contribution is -2.43. The molecule has 7 nitrogen and oxygen atoms in total. The molecule has 0 radical (unpaired) electrons. The van der Waals surface area contributed by atoms with E-state index in [0.717, 1.165) is 0 Å². The van der Waals surface area contributed by atoms with Gasteiger partial charge in [0.2, 0.25) is 0 Å². The largest absolute Gasteiger partial charge is 0.480 e. The number of hydrogen-bond donors (Lipinski definition) is 4. The number of aliphatic hydroxyl groups excluding tert-OH is 1. The molecule has 1 heterocycles. The van der Waals surface area contributed by atoms with E-state index >= 15 is 0 Å². The second kappa shape index (κ2) is 5.08. The van der Waals surface area contributed by atoms with Gasteiger partial charge in [-0.05, 0) is 6.07 Å². The van der Waals surface area contributed by atoms with Crippen LogP contribution in [0.2, 0.25) is 0 Å². The molecular weight excluding hydrogens is 214 g/mol. The van der Waals surface area contributed by atoms with Gasteiger partial charge in [-0.1, -0.05) is 0 Å². The van der Waals surface area contributed by atoms with Crippen molar-refractivity contribution in [1.29, 1.82) is 0 Å². The SMILES string of the molecule is Nc1cncc(C(=O)NC(CO)C(=O)O)c1. The number of nitrogens with zero attached hydrogens (tertiary/aromatic N) is 1. The fourth-order valence-corrected chi connectivity index (χ4v) is 1.01. The van der Waals surface area contributed by atoms with Crippen LogP contribution in [0, 0.1) is 0 Å². The van der Waals surface area contributed by atoms with Crippen molar-refractivity contribution in [2.75, 3.05) is 12.3 Å². The maximum absolute atomic E-state index is 11.5. The molecule has 0 saturated carbocycles. The van der Waals surface area contributed by atoms with Crippen LogP contribution in [0.3, 0.4) is 0 Å². The lowest BCUT2D eigenvalue weighted by Gasteiger charge is -2.11. The van der Waals surface area contributed by atoms with Crippen molar-refractivity contribution in [3.63, 3.8) is 0 Å². The van der Waals surface area contributed by atoms with Crippen molar-refractivity contribution in [3.8, 4) is 0 Å². The molecule has 0 bridgehead atoms. The summed E-state index contributed by atoms with van der Waals surface area (Å²) in [7, 11) is 0. The highest BCUT2D eigenvalue weighted by Crippen LogP contribution is 2.03. The Balaban J connectivity index is 2.75. The predicted octanol–water partition coefficient (Wildman–Crippen LogP) is -1.16. The topological polar surface area (TPSA) is 126 Å². The fourth-order valence-electron chi connectivity index (χ4n) is 1.01. The first-order valence-electron chi connectivity index (χ1n) is 4.39. The highest BCUT2D eigenvalue weighted by molar-refractivity contribution is 5.96. The summed E-state index contributed by atoms with van der Waals surface area (Å²) in [6.07, 6.45) is 2.61. The number of carboxylic acid groups (broad SMARTS) is 1. The number of aromatic nitrogens is 1. The summed E-state index contributed by atoms with van der Waals surface area (Å²) in [4.78, 5) is 25.7. The Morgan fingerprint density at radius 2 is 2.19 bits per heavy atom. The van der Waals surface area contributed by atoms with Crippen molar-refractivity contribution in [2.24, 2.45) is 0 Å². The van der Waals surface area contributed by atoms with E-state index in [4.69, 9.17) is 15.9 Å². The third-order valence-corrected chi connectivity index (χ3v) is 1.81. The van der Waals surface area contributed by atoms with Crippen LogP contribution in [0.25, 0.3) is 0 Å². The fraction of sp³-hybridized carbons (Fsp3) is 0.222. The average Bonchev–Trinajstić information content (AvgIpc) is 2.25. The summed E-state index contributed by atoms with van der Waals surface area (Å²) in [6.45, 7) is -0.684. The third-order valence-electron chi connectivity index (χ3n) is 1.81. The van der Waals surface area contributed by atoms with E-state index in [1.165, 1.54) is 18.5 Å². The molecule has 0 saturated heterocycles. The lowest BCUT2D eigenvalue weighted by molar-refractivity contribution is -0.140. The van der Waals surface area contributed by atoms with Gasteiger partial charge in [-0.3, -0.25) is 9.78 Å². The number of aliphatic carboxylic acids is 1. The number of hydrogen-bond acceptors (Lipinski definition) is 5. The van der Waals surface area contributed by atoms with Gasteiger partial charge in [0.25, 0.3) is 5.91 Å². The van der Waals surface area contributed by atoms with Crippen molar-refractivity contribution >= 4 is 17.6 Å². The summed E-state index contributed by atoms with van der Waals surface area (Å²) in [6, 6.07) is 0.0208. The number of aliphatic hydroxyl groups is 1. The Morgan fingerprint density at radius 1 is 1.50 bits per heavy atom. The van der Waals surface area contributed by atoms with Crippen LogP contribution in [-0.4, -0.2) is 39.7 Å². The van der Waals surface area contributed by atoms with Gasteiger partial charge < -0.3 is 21.3 Å². The molecule has 1 atom stereocenters. The van der Waals surface area contributed by atoms with E-state index in [-0.39, 0.29) is 5.56 Å². The van der Waals surface area contributed by atoms with Crippen LogP contribution in [0.5, 0.6) is 0 Å². The van der Waals surface area contributed by atoms with Crippen LogP contribution < -0.4 is 11.1 Å². The molecule has 0 aromatic carbocycles. The van der Waals surface area contributed by atoms with Crippen LogP contribution >= 0.6 is 0 Å². The summed E-state index contributed by atoms with van der Waals surface area (Å²) >= 11 is 0. The monoisotopic (exact) mass is 225 g/mol. The normalized spacial score (nSPS) is 11.8. The van der Waals surface area contributed by atoms with Crippen LogP contribution in [0.15, 0.2) is 18.5 Å². The quantitative estimate of drug-likeness (QED) is 0.512. The third kappa shape index (κ3) is 2.92. The molecule has 1 rings (SSSR count). The molecule has 1 unspecified atom stereocenters. The number of carbonyl (C=O) groups is 2. The molecule has 5 N–H and O–H groups in total. The summed E-state index contributed by atoms with van der Waals surface area (Å²) in [5, 5.41) is 19.4. The van der Waals surface area contributed by atoms with Gasteiger partial charge in [0, 0.05) is 12.4 Å². The van der Waals surface area contributed by atoms with E-state index in [0.29, 0.717) is 5.69 Å². The molecule has 0 aliphatic heterocycles. The minimum absolute atomic E-state index is 0.139. The number of nitrogen functional groups attached to an aromatic ring is 1. The minimum Gasteiger partial charge on any atom is -0.480 e.